The molecule has 0 N–H and O–H groups in total. The summed E-state index contributed by atoms with van der Waals surface area (Å²) in [5.74, 6) is 0.118. The average Bonchev–Trinajstić information content (AvgIpc) is 2.45. The Morgan fingerprint density at radius 3 is 2.36 bits per heavy atom. The van der Waals surface area contributed by atoms with Crippen LogP contribution < -0.4 is 0 Å². The maximum atomic E-state index is 12.5. The zero-order chi connectivity index (χ0) is 16.8. The summed E-state index contributed by atoms with van der Waals surface area (Å²) in [5.41, 5.74) is 0.688. The number of hydrogen-bond donors (Lipinski definition) is 0. The van der Waals surface area contributed by atoms with E-state index in [2.05, 4.69) is 27.7 Å². The molecule has 0 spiro atoms. The van der Waals surface area contributed by atoms with Crippen LogP contribution in [0, 0.1) is 5.41 Å². The molecule has 1 heterocycles. The molecule has 0 atom stereocenters. The lowest BCUT2D eigenvalue weighted by Crippen LogP contribution is -2.70. The molecule has 5 heteroatoms. The Morgan fingerprint density at radius 1 is 1.23 bits per heavy atom. The van der Waals surface area contributed by atoms with Gasteiger partial charge in [0.25, 0.3) is 0 Å². The van der Waals surface area contributed by atoms with E-state index in [1.54, 1.807) is 25.1 Å². The molecule has 1 aliphatic heterocycles. The molecule has 0 aromatic heterocycles. The maximum absolute atomic E-state index is 12.5. The molecule has 0 saturated carbocycles. The van der Waals surface area contributed by atoms with Gasteiger partial charge in [0.2, 0.25) is 5.91 Å². The van der Waals surface area contributed by atoms with Gasteiger partial charge in [-0.05, 0) is 31.5 Å². The molecule has 1 fully saturated rings. The van der Waals surface area contributed by atoms with Gasteiger partial charge in [0.05, 0.1) is 17.1 Å². The Labute approximate surface area is 133 Å². The van der Waals surface area contributed by atoms with Gasteiger partial charge < -0.3 is 4.90 Å². The van der Waals surface area contributed by atoms with Crippen LogP contribution in [-0.4, -0.2) is 37.1 Å². The van der Waals surface area contributed by atoms with Crippen molar-refractivity contribution in [2.45, 2.75) is 51.5 Å². The Hall–Kier alpha value is -1.36. The Morgan fingerprint density at radius 2 is 1.86 bits per heavy atom. The predicted molar refractivity (Wildman–Crippen MR) is 87.4 cm³/mol. The van der Waals surface area contributed by atoms with Crippen LogP contribution in [0.25, 0.3) is 0 Å². The fourth-order valence-corrected chi connectivity index (χ4v) is 3.70. The molecule has 22 heavy (non-hydrogen) atoms. The second-order valence-corrected chi connectivity index (χ2v) is 9.43. The quantitative estimate of drug-likeness (QED) is 0.856. The zero-order valence-corrected chi connectivity index (χ0v) is 14.8. The molecule has 122 valence electrons. The summed E-state index contributed by atoms with van der Waals surface area (Å²) in [6, 6.07) is 6.72. The summed E-state index contributed by atoms with van der Waals surface area (Å²) in [4.78, 5) is 14.7. The number of carbonyl (C=O) groups excluding carboxylic acids is 1. The normalized spacial score (nSPS) is 19.6. The van der Waals surface area contributed by atoms with Gasteiger partial charge in [-0.25, -0.2) is 8.42 Å². The van der Waals surface area contributed by atoms with E-state index < -0.39 is 9.84 Å². The molecule has 1 amide bonds. The first-order chi connectivity index (χ1) is 10.0. The van der Waals surface area contributed by atoms with E-state index in [0.29, 0.717) is 4.90 Å². The Kier molecular flexibility index (Phi) is 4.15. The van der Waals surface area contributed by atoms with Crippen molar-refractivity contribution in [2.75, 3.05) is 12.3 Å². The lowest BCUT2D eigenvalue weighted by Gasteiger charge is -2.61. The van der Waals surface area contributed by atoms with Crippen molar-refractivity contribution in [3.05, 3.63) is 29.8 Å². The Bertz CT molecular complexity index is 690. The highest BCUT2D eigenvalue weighted by atomic mass is 32.2. The van der Waals surface area contributed by atoms with Gasteiger partial charge in [-0.2, -0.15) is 0 Å². The molecule has 1 saturated heterocycles. The molecular weight excluding hydrogens is 298 g/mol. The molecule has 0 aliphatic carbocycles. The summed E-state index contributed by atoms with van der Waals surface area (Å²) in [6.07, 6.45) is 0.243. The van der Waals surface area contributed by atoms with Crippen molar-refractivity contribution < 1.29 is 13.2 Å². The van der Waals surface area contributed by atoms with Gasteiger partial charge >= 0.3 is 0 Å². The highest BCUT2D eigenvalue weighted by Gasteiger charge is 2.54. The molecule has 1 aromatic rings. The van der Waals surface area contributed by atoms with Gasteiger partial charge in [0.1, 0.15) is 0 Å². The molecular formula is C17H25NO3S. The first-order valence-corrected chi connectivity index (χ1v) is 9.29. The van der Waals surface area contributed by atoms with E-state index in [4.69, 9.17) is 0 Å². The smallest absolute Gasteiger partial charge is 0.227 e. The molecule has 0 radical (unpaired) electrons. The number of amides is 1. The molecule has 2 rings (SSSR count). The fourth-order valence-electron chi connectivity index (χ4n) is 2.75. The van der Waals surface area contributed by atoms with E-state index in [9.17, 15) is 13.2 Å². The topological polar surface area (TPSA) is 54.5 Å². The van der Waals surface area contributed by atoms with Gasteiger partial charge in [-0.15, -0.1) is 0 Å². The second-order valence-electron chi connectivity index (χ2n) is 7.15. The molecule has 4 nitrogen and oxygen atoms in total. The average molecular weight is 323 g/mol. The van der Waals surface area contributed by atoms with Crippen LogP contribution in [-0.2, 0) is 21.1 Å². The minimum atomic E-state index is -3.23. The Balaban J connectivity index is 2.16. The van der Waals surface area contributed by atoms with Crippen LogP contribution in [0.3, 0.4) is 0 Å². The van der Waals surface area contributed by atoms with Crippen LogP contribution >= 0.6 is 0 Å². The van der Waals surface area contributed by atoms with Crippen molar-refractivity contribution in [3.63, 3.8) is 0 Å². The van der Waals surface area contributed by atoms with Crippen LogP contribution in [0.5, 0.6) is 0 Å². The van der Waals surface area contributed by atoms with Crippen molar-refractivity contribution in [2.24, 2.45) is 5.41 Å². The van der Waals surface area contributed by atoms with E-state index in [1.807, 2.05) is 11.0 Å². The van der Waals surface area contributed by atoms with E-state index in [1.165, 1.54) is 0 Å². The van der Waals surface area contributed by atoms with Crippen molar-refractivity contribution >= 4 is 15.7 Å². The minimum absolute atomic E-state index is 0.0513. The lowest BCUT2D eigenvalue weighted by molar-refractivity contribution is -0.166. The summed E-state index contributed by atoms with van der Waals surface area (Å²) in [7, 11) is -3.23. The van der Waals surface area contributed by atoms with Gasteiger partial charge in [-0.1, -0.05) is 32.9 Å². The summed E-state index contributed by atoms with van der Waals surface area (Å²) in [5, 5.41) is 0. The number of benzene rings is 1. The minimum Gasteiger partial charge on any atom is -0.336 e. The number of nitrogens with zero attached hydrogens (tertiary/aromatic N) is 1. The van der Waals surface area contributed by atoms with Crippen LogP contribution in [0.2, 0.25) is 0 Å². The molecule has 0 unspecified atom stereocenters. The largest absolute Gasteiger partial charge is 0.336 e. The third-order valence-electron chi connectivity index (χ3n) is 5.18. The number of likely N-dealkylation sites (tertiary alicyclic amines) is 1. The van der Waals surface area contributed by atoms with Gasteiger partial charge in [0, 0.05) is 17.5 Å². The van der Waals surface area contributed by atoms with Crippen LogP contribution in [0.4, 0.5) is 0 Å². The standard InChI is InChI=1S/C17H25NO3S/c1-6-22(20,21)14-9-7-8-13(10-14)11-15(19)18-12-16(2,3)17(18,4)5/h7-10H,6,11-12H2,1-5H3. The number of carbonyl (C=O) groups is 1. The van der Waals surface area contributed by atoms with Gasteiger partial charge in [-0.3, -0.25) is 4.79 Å². The van der Waals surface area contributed by atoms with E-state index >= 15 is 0 Å². The SMILES string of the molecule is CCS(=O)(=O)c1cccc(CC(=O)N2CC(C)(C)C2(C)C)c1. The maximum Gasteiger partial charge on any atom is 0.227 e. The fraction of sp³-hybridized carbons (Fsp3) is 0.588. The number of sulfone groups is 1. The van der Waals surface area contributed by atoms with Crippen LogP contribution in [0.15, 0.2) is 29.2 Å². The van der Waals surface area contributed by atoms with Gasteiger partial charge in [0.15, 0.2) is 9.84 Å². The summed E-state index contributed by atoms with van der Waals surface area (Å²) >= 11 is 0. The monoisotopic (exact) mass is 323 g/mol. The van der Waals surface area contributed by atoms with E-state index in [0.717, 1.165) is 12.1 Å². The molecule has 1 aliphatic rings. The first-order valence-electron chi connectivity index (χ1n) is 7.63. The highest BCUT2D eigenvalue weighted by molar-refractivity contribution is 7.91. The number of rotatable bonds is 4. The highest BCUT2D eigenvalue weighted by Crippen LogP contribution is 2.46. The summed E-state index contributed by atoms with van der Waals surface area (Å²) in [6.45, 7) is 10.8. The molecule has 1 aromatic carbocycles. The van der Waals surface area contributed by atoms with Crippen molar-refractivity contribution in [1.29, 1.82) is 0 Å². The lowest BCUT2D eigenvalue weighted by atomic mass is 9.65. The van der Waals surface area contributed by atoms with Crippen LogP contribution in [0.1, 0.15) is 40.2 Å². The predicted octanol–water partition coefficient (Wildman–Crippen LogP) is 2.67. The van der Waals surface area contributed by atoms with E-state index in [-0.39, 0.29) is 29.0 Å². The molecule has 0 bridgehead atoms. The zero-order valence-electron chi connectivity index (χ0n) is 14.0. The van der Waals surface area contributed by atoms with Crippen molar-refractivity contribution in [3.8, 4) is 0 Å². The van der Waals surface area contributed by atoms with Crippen molar-refractivity contribution in [1.82, 2.24) is 4.90 Å². The summed E-state index contributed by atoms with van der Waals surface area (Å²) < 4.78 is 23.9. The third-order valence-corrected chi connectivity index (χ3v) is 6.91. The second kappa shape index (κ2) is 5.37. The number of hydrogen-bond acceptors (Lipinski definition) is 3. The first kappa shape index (κ1) is 17.0. The third kappa shape index (κ3) is 2.78.